The highest BCUT2D eigenvalue weighted by molar-refractivity contribution is 6.33. The minimum absolute atomic E-state index is 0.104. The number of rotatable bonds is 5. The summed E-state index contributed by atoms with van der Waals surface area (Å²) in [6.45, 7) is 1.35. The fraction of sp³-hybridized carbons (Fsp3) is 0.200. The van der Waals surface area contributed by atoms with E-state index < -0.39 is 17.9 Å². The quantitative estimate of drug-likeness (QED) is 0.524. The standard InChI is InChI=1S/C20H19ClN2O5/c1-10-7-11(20(27)28)3-4-12(10)15(9-24)22-19(26)17-8-13-16(23(17)2)6-5-14(21)18(13)25/h3-8,15,24-25H,9H2,1-2H3,(H,22,26)(H,27,28)/t15-/m1/s1. The Morgan fingerprint density at radius 1 is 1.21 bits per heavy atom. The second-order valence-corrected chi connectivity index (χ2v) is 6.91. The molecule has 2 aromatic carbocycles. The summed E-state index contributed by atoms with van der Waals surface area (Å²) in [4.78, 5) is 23.9. The number of aromatic hydroxyl groups is 1. The molecule has 1 aromatic heterocycles. The highest BCUT2D eigenvalue weighted by atomic mass is 35.5. The number of hydrogen-bond donors (Lipinski definition) is 4. The molecule has 28 heavy (non-hydrogen) atoms. The van der Waals surface area contributed by atoms with E-state index in [0.29, 0.717) is 22.0 Å². The highest BCUT2D eigenvalue weighted by Crippen LogP contribution is 2.34. The van der Waals surface area contributed by atoms with Gasteiger partial charge in [-0.15, -0.1) is 0 Å². The molecule has 0 radical (unpaired) electrons. The molecule has 0 aliphatic heterocycles. The molecular weight excluding hydrogens is 384 g/mol. The first kappa shape index (κ1) is 19.7. The zero-order chi connectivity index (χ0) is 20.6. The summed E-state index contributed by atoms with van der Waals surface area (Å²) in [5.74, 6) is -1.60. The lowest BCUT2D eigenvalue weighted by atomic mass is 9.99. The number of phenolic OH excluding ortho intramolecular Hbond substituents is 1. The van der Waals surface area contributed by atoms with Crippen LogP contribution in [0.1, 0.15) is 38.0 Å². The van der Waals surface area contributed by atoms with Gasteiger partial charge in [-0.05, 0) is 48.4 Å². The number of carboxylic acid groups (broad SMARTS) is 1. The molecule has 0 saturated heterocycles. The van der Waals surface area contributed by atoms with Crippen molar-refractivity contribution in [2.45, 2.75) is 13.0 Å². The van der Waals surface area contributed by atoms with Crippen molar-refractivity contribution in [3.63, 3.8) is 0 Å². The smallest absolute Gasteiger partial charge is 0.335 e. The number of amides is 1. The summed E-state index contributed by atoms with van der Waals surface area (Å²) in [6, 6.07) is 8.55. The Morgan fingerprint density at radius 2 is 1.93 bits per heavy atom. The molecule has 0 bridgehead atoms. The van der Waals surface area contributed by atoms with Gasteiger partial charge in [-0.25, -0.2) is 4.79 Å². The van der Waals surface area contributed by atoms with Gasteiger partial charge in [0, 0.05) is 12.4 Å². The van der Waals surface area contributed by atoms with E-state index in [9.17, 15) is 19.8 Å². The van der Waals surface area contributed by atoms with Gasteiger partial charge in [-0.3, -0.25) is 4.79 Å². The Bertz CT molecular complexity index is 1090. The molecule has 0 spiro atoms. The lowest BCUT2D eigenvalue weighted by Gasteiger charge is -2.19. The number of aliphatic hydroxyl groups excluding tert-OH is 1. The van der Waals surface area contributed by atoms with Gasteiger partial charge in [0.25, 0.3) is 5.91 Å². The van der Waals surface area contributed by atoms with Crippen molar-refractivity contribution in [3.05, 3.63) is 63.8 Å². The Kier molecular flexibility index (Phi) is 5.31. The van der Waals surface area contributed by atoms with Crippen molar-refractivity contribution in [3.8, 4) is 5.75 Å². The third-order valence-electron chi connectivity index (χ3n) is 4.76. The van der Waals surface area contributed by atoms with Gasteiger partial charge < -0.3 is 25.2 Å². The number of aryl methyl sites for hydroxylation is 2. The zero-order valence-corrected chi connectivity index (χ0v) is 16.0. The molecular formula is C20H19ClN2O5. The lowest BCUT2D eigenvalue weighted by Crippen LogP contribution is -2.32. The predicted octanol–water partition coefficient (Wildman–Crippen LogP) is 3.01. The Labute approximate surface area is 165 Å². The SMILES string of the molecule is Cc1cc(C(=O)O)ccc1[C@@H](CO)NC(=O)c1cc2c(O)c(Cl)ccc2n1C. The largest absolute Gasteiger partial charge is 0.506 e. The number of nitrogens with one attached hydrogen (secondary N) is 1. The molecule has 1 amide bonds. The van der Waals surface area contributed by atoms with Crippen LogP contribution in [0.5, 0.6) is 5.75 Å². The van der Waals surface area contributed by atoms with Crippen LogP contribution in [0, 0.1) is 6.92 Å². The first-order chi connectivity index (χ1) is 13.2. The molecule has 0 unspecified atom stereocenters. The van der Waals surface area contributed by atoms with Crippen molar-refractivity contribution in [2.75, 3.05) is 6.61 Å². The Balaban J connectivity index is 1.93. The van der Waals surface area contributed by atoms with Crippen molar-refractivity contribution < 1.29 is 24.9 Å². The summed E-state index contributed by atoms with van der Waals surface area (Å²) < 4.78 is 1.62. The van der Waals surface area contributed by atoms with Crippen LogP contribution in [0.2, 0.25) is 5.02 Å². The molecule has 7 nitrogen and oxygen atoms in total. The maximum atomic E-state index is 12.8. The van der Waals surface area contributed by atoms with Crippen LogP contribution in [-0.2, 0) is 7.05 Å². The average Bonchev–Trinajstić information content (AvgIpc) is 3.00. The number of carboxylic acids is 1. The van der Waals surface area contributed by atoms with Gasteiger partial charge >= 0.3 is 5.97 Å². The van der Waals surface area contributed by atoms with E-state index in [1.807, 2.05) is 0 Å². The molecule has 146 valence electrons. The number of benzene rings is 2. The number of carbonyl (C=O) groups excluding carboxylic acids is 1. The number of aromatic nitrogens is 1. The number of halogens is 1. The lowest BCUT2D eigenvalue weighted by molar-refractivity contribution is 0.0696. The van der Waals surface area contributed by atoms with E-state index in [0.717, 1.165) is 0 Å². The monoisotopic (exact) mass is 402 g/mol. The topological polar surface area (TPSA) is 112 Å². The Hall–Kier alpha value is -3.03. The molecule has 4 N–H and O–H groups in total. The molecule has 0 aliphatic rings. The normalized spacial score (nSPS) is 12.1. The maximum absolute atomic E-state index is 12.8. The van der Waals surface area contributed by atoms with Crippen molar-refractivity contribution >= 4 is 34.4 Å². The zero-order valence-electron chi connectivity index (χ0n) is 15.2. The van der Waals surface area contributed by atoms with E-state index in [4.69, 9.17) is 16.7 Å². The van der Waals surface area contributed by atoms with Crippen molar-refractivity contribution in [1.29, 1.82) is 0 Å². The molecule has 0 aliphatic carbocycles. The summed E-state index contributed by atoms with van der Waals surface area (Å²) in [7, 11) is 1.69. The summed E-state index contributed by atoms with van der Waals surface area (Å²) in [5.41, 5.74) is 2.30. The van der Waals surface area contributed by atoms with Crippen molar-refractivity contribution in [2.24, 2.45) is 7.05 Å². The molecule has 1 heterocycles. The fourth-order valence-corrected chi connectivity index (χ4v) is 3.41. The summed E-state index contributed by atoms with van der Waals surface area (Å²) in [5, 5.41) is 32.4. The van der Waals surface area contributed by atoms with Crippen LogP contribution >= 0.6 is 11.6 Å². The Morgan fingerprint density at radius 3 is 2.54 bits per heavy atom. The van der Waals surface area contributed by atoms with E-state index in [-0.39, 0.29) is 28.6 Å². The number of nitrogens with zero attached hydrogens (tertiary/aromatic N) is 1. The van der Waals surface area contributed by atoms with Crippen LogP contribution in [0.25, 0.3) is 10.9 Å². The van der Waals surface area contributed by atoms with Crippen LogP contribution in [0.3, 0.4) is 0 Å². The predicted molar refractivity (Wildman–Crippen MR) is 105 cm³/mol. The second kappa shape index (κ2) is 7.53. The molecule has 0 saturated carbocycles. The van der Waals surface area contributed by atoms with Gasteiger partial charge in [0.1, 0.15) is 11.4 Å². The van der Waals surface area contributed by atoms with Gasteiger partial charge in [-0.1, -0.05) is 17.7 Å². The number of phenols is 1. The highest BCUT2D eigenvalue weighted by Gasteiger charge is 2.21. The minimum Gasteiger partial charge on any atom is -0.506 e. The molecule has 8 heteroatoms. The fourth-order valence-electron chi connectivity index (χ4n) is 3.24. The second-order valence-electron chi connectivity index (χ2n) is 6.50. The molecule has 3 aromatic rings. The van der Waals surface area contributed by atoms with Gasteiger partial charge in [0.15, 0.2) is 0 Å². The molecule has 3 rings (SSSR count). The van der Waals surface area contributed by atoms with E-state index >= 15 is 0 Å². The third kappa shape index (κ3) is 3.42. The number of hydrogen-bond acceptors (Lipinski definition) is 4. The summed E-state index contributed by atoms with van der Waals surface area (Å²) >= 11 is 5.93. The van der Waals surface area contributed by atoms with Crippen LogP contribution in [-0.4, -0.2) is 38.4 Å². The average molecular weight is 403 g/mol. The van der Waals surface area contributed by atoms with Gasteiger partial charge in [-0.2, -0.15) is 0 Å². The van der Waals surface area contributed by atoms with Crippen LogP contribution in [0.15, 0.2) is 36.4 Å². The van der Waals surface area contributed by atoms with Crippen LogP contribution in [0.4, 0.5) is 0 Å². The minimum atomic E-state index is -1.05. The third-order valence-corrected chi connectivity index (χ3v) is 5.07. The number of aliphatic hydroxyl groups is 1. The molecule has 0 fully saturated rings. The van der Waals surface area contributed by atoms with Gasteiger partial charge in [0.05, 0.1) is 28.8 Å². The first-order valence-electron chi connectivity index (χ1n) is 8.47. The molecule has 1 atom stereocenters. The number of aromatic carboxylic acids is 1. The number of fused-ring (bicyclic) bond motifs is 1. The van der Waals surface area contributed by atoms with Crippen molar-refractivity contribution in [1.82, 2.24) is 9.88 Å². The summed E-state index contributed by atoms with van der Waals surface area (Å²) in [6.07, 6.45) is 0. The number of carbonyl (C=O) groups is 2. The first-order valence-corrected chi connectivity index (χ1v) is 8.84. The van der Waals surface area contributed by atoms with Gasteiger partial charge in [0.2, 0.25) is 0 Å². The van der Waals surface area contributed by atoms with E-state index in [1.54, 1.807) is 36.7 Å². The maximum Gasteiger partial charge on any atom is 0.335 e. The van der Waals surface area contributed by atoms with E-state index in [1.165, 1.54) is 18.2 Å². The van der Waals surface area contributed by atoms with Crippen LogP contribution < -0.4 is 5.32 Å². The van der Waals surface area contributed by atoms with E-state index in [2.05, 4.69) is 5.32 Å².